The van der Waals surface area contributed by atoms with Gasteiger partial charge in [-0.15, -0.1) is 0 Å². The third-order valence-corrected chi connectivity index (χ3v) is 3.91. The van der Waals surface area contributed by atoms with Crippen LogP contribution in [0, 0.1) is 11.3 Å². The van der Waals surface area contributed by atoms with Crippen molar-refractivity contribution in [2.75, 3.05) is 18.5 Å². The number of nitrogens with one attached hydrogen (secondary N) is 1. The van der Waals surface area contributed by atoms with Gasteiger partial charge in [-0.2, -0.15) is 5.26 Å². The van der Waals surface area contributed by atoms with E-state index in [-0.39, 0.29) is 6.10 Å². The van der Waals surface area contributed by atoms with Crippen molar-refractivity contribution in [2.45, 2.75) is 12.5 Å². The van der Waals surface area contributed by atoms with Gasteiger partial charge in [-0.1, -0.05) is 35.9 Å². The zero-order valence-corrected chi connectivity index (χ0v) is 12.2. The molecule has 1 heterocycles. The molecule has 0 radical (unpaired) electrons. The highest BCUT2D eigenvalue weighted by atomic mass is 35.5. The van der Waals surface area contributed by atoms with Gasteiger partial charge < -0.3 is 10.1 Å². The van der Waals surface area contributed by atoms with E-state index in [0.29, 0.717) is 17.1 Å². The molecule has 1 unspecified atom stereocenters. The summed E-state index contributed by atoms with van der Waals surface area (Å²) < 4.78 is 5.85. The standard InChI is InChI=1S/C17H15ClN2O/c18-14-6-5-13(10-19)16(9-14)20-11-17-15-4-2-1-3-12(15)7-8-21-17/h1-6,9,17,20H,7-8,11H2. The highest BCUT2D eigenvalue weighted by Crippen LogP contribution is 2.28. The first-order chi connectivity index (χ1) is 10.3. The molecule has 4 heteroatoms. The van der Waals surface area contributed by atoms with Crippen LogP contribution in [0.25, 0.3) is 0 Å². The van der Waals surface area contributed by atoms with Crippen molar-refractivity contribution in [3.8, 4) is 6.07 Å². The van der Waals surface area contributed by atoms with Crippen molar-refractivity contribution in [2.24, 2.45) is 0 Å². The number of benzene rings is 2. The van der Waals surface area contributed by atoms with Crippen molar-refractivity contribution < 1.29 is 4.74 Å². The van der Waals surface area contributed by atoms with Crippen LogP contribution >= 0.6 is 11.6 Å². The van der Waals surface area contributed by atoms with E-state index >= 15 is 0 Å². The van der Waals surface area contributed by atoms with Gasteiger partial charge in [0.1, 0.15) is 6.07 Å². The number of anilines is 1. The molecule has 0 aromatic heterocycles. The number of rotatable bonds is 3. The first-order valence-corrected chi connectivity index (χ1v) is 7.28. The molecule has 0 fully saturated rings. The zero-order valence-electron chi connectivity index (χ0n) is 11.5. The number of fused-ring (bicyclic) bond motifs is 1. The fourth-order valence-electron chi connectivity index (χ4n) is 2.61. The lowest BCUT2D eigenvalue weighted by atomic mass is 9.97. The number of ether oxygens (including phenoxy) is 1. The average molecular weight is 299 g/mol. The third-order valence-electron chi connectivity index (χ3n) is 3.67. The Kier molecular flexibility index (Phi) is 4.10. The summed E-state index contributed by atoms with van der Waals surface area (Å²) in [7, 11) is 0. The molecular weight excluding hydrogens is 284 g/mol. The average Bonchev–Trinajstić information content (AvgIpc) is 2.53. The van der Waals surface area contributed by atoms with Crippen LogP contribution in [-0.4, -0.2) is 13.2 Å². The second-order valence-corrected chi connectivity index (χ2v) is 5.43. The molecule has 1 N–H and O–H groups in total. The second kappa shape index (κ2) is 6.17. The lowest BCUT2D eigenvalue weighted by Crippen LogP contribution is -2.22. The predicted molar refractivity (Wildman–Crippen MR) is 83.5 cm³/mol. The predicted octanol–water partition coefficient (Wildman–Crippen LogP) is 3.94. The van der Waals surface area contributed by atoms with Crippen molar-refractivity contribution in [1.82, 2.24) is 0 Å². The number of nitriles is 1. The van der Waals surface area contributed by atoms with Crippen LogP contribution in [0.15, 0.2) is 42.5 Å². The summed E-state index contributed by atoms with van der Waals surface area (Å²) >= 11 is 6.00. The summed E-state index contributed by atoms with van der Waals surface area (Å²) in [6.45, 7) is 1.34. The molecule has 21 heavy (non-hydrogen) atoms. The van der Waals surface area contributed by atoms with Crippen LogP contribution in [0.1, 0.15) is 22.8 Å². The Balaban J connectivity index is 1.78. The van der Waals surface area contributed by atoms with E-state index in [1.807, 2.05) is 6.07 Å². The number of nitrogens with zero attached hydrogens (tertiary/aromatic N) is 1. The van der Waals surface area contributed by atoms with Gasteiger partial charge in [0.05, 0.1) is 24.0 Å². The van der Waals surface area contributed by atoms with Crippen molar-refractivity contribution in [3.05, 3.63) is 64.2 Å². The van der Waals surface area contributed by atoms with Gasteiger partial charge in [0.15, 0.2) is 0 Å². The van der Waals surface area contributed by atoms with Crippen LogP contribution in [0.2, 0.25) is 5.02 Å². The summed E-state index contributed by atoms with van der Waals surface area (Å²) in [5, 5.41) is 13.0. The maximum absolute atomic E-state index is 9.14. The molecule has 0 saturated carbocycles. The summed E-state index contributed by atoms with van der Waals surface area (Å²) in [5.41, 5.74) is 3.89. The molecule has 0 spiro atoms. The molecule has 106 valence electrons. The molecule has 1 aliphatic rings. The second-order valence-electron chi connectivity index (χ2n) is 4.99. The Hall–Kier alpha value is -2.02. The summed E-state index contributed by atoms with van der Waals surface area (Å²) in [6, 6.07) is 15.7. The van der Waals surface area contributed by atoms with E-state index in [1.54, 1.807) is 18.2 Å². The first-order valence-electron chi connectivity index (χ1n) is 6.91. The molecule has 3 rings (SSSR count). The van der Waals surface area contributed by atoms with E-state index in [2.05, 4.69) is 29.6 Å². The highest BCUT2D eigenvalue weighted by molar-refractivity contribution is 6.30. The van der Waals surface area contributed by atoms with Crippen molar-refractivity contribution in [1.29, 1.82) is 5.26 Å². The van der Waals surface area contributed by atoms with Gasteiger partial charge in [0, 0.05) is 11.6 Å². The number of hydrogen-bond acceptors (Lipinski definition) is 3. The number of halogens is 1. The first kappa shape index (κ1) is 13.9. The Bertz CT molecular complexity index is 693. The fraction of sp³-hybridized carbons (Fsp3) is 0.235. The topological polar surface area (TPSA) is 45.0 Å². The minimum atomic E-state index is 0.000439. The van der Waals surface area contributed by atoms with E-state index in [4.69, 9.17) is 21.6 Å². The molecule has 0 bridgehead atoms. The third kappa shape index (κ3) is 3.02. The molecule has 2 aromatic carbocycles. The largest absolute Gasteiger partial charge is 0.381 e. The summed E-state index contributed by atoms with van der Waals surface area (Å²) in [5.74, 6) is 0. The fourth-order valence-corrected chi connectivity index (χ4v) is 2.78. The van der Waals surface area contributed by atoms with E-state index in [9.17, 15) is 0 Å². The molecule has 0 saturated heterocycles. The Morgan fingerprint density at radius 2 is 2.14 bits per heavy atom. The molecule has 0 amide bonds. The van der Waals surface area contributed by atoms with Gasteiger partial charge in [-0.3, -0.25) is 0 Å². The summed E-state index contributed by atoms with van der Waals surface area (Å²) in [6.07, 6.45) is 0.952. The van der Waals surface area contributed by atoms with Gasteiger partial charge in [0.25, 0.3) is 0 Å². The van der Waals surface area contributed by atoms with Crippen molar-refractivity contribution in [3.63, 3.8) is 0 Å². The molecule has 2 aromatic rings. The van der Waals surface area contributed by atoms with E-state index in [0.717, 1.165) is 18.7 Å². The lowest BCUT2D eigenvalue weighted by molar-refractivity contribution is 0.0513. The minimum absolute atomic E-state index is 0.000439. The Morgan fingerprint density at radius 1 is 1.29 bits per heavy atom. The van der Waals surface area contributed by atoms with Gasteiger partial charge in [-0.05, 0) is 35.7 Å². The van der Waals surface area contributed by atoms with Gasteiger partial charge >= 0.3 is 0 Å². The van der Waals surface area contributed by atoms with Gasteiger partial charge in [0.2, 0.25) is 0 Å². The molecule has 1 atom stereocenters. The molecule has 0 aliphatic carbocycles. The number of hydrogen-bond donors (Lipinski definition) is 1. The van der Waals surface area contributed by atoms with E-state index in [1.165, 1.54) is 11.1 Å². The van der Waals surface area contributed by atoms with Crippen molar-refractivity contribution >= 4 is 17.3 Å². The minimum Gasteiger partial charge on any atom is -0.381 e. The monoisotopic (exact) mass is 298 g/mol. The highest BCUT2D eigenvalue weighted by Gasteiger charge is 2.20. The van der Waals surface area contributed by atoms with Crippen LogP contribution in [-0.2, 0) is 11.2 Å². The Morgan fingerprint density at radius 3 is 3.00 bits per heavy atom. The van der Waals surface area contributed by atoms with E-state index < -0.39 is 0 Å². The SMILES string of the molecule is N#Cc1ccc(Cl)cc1NCC1OCCc2ccccc21. The summed E-state index contributed by atoms with van der Waals surface area (Å²) in [4.78, 5) is 0. The molecule has 1 aliphatic heterocycles. The maximum Gasteiger partial charge on any atom is 0.101 e. The zero-order chi connectivity index (χ0) is 14.7. The molecule has 3 nitrogen and oxygen atoms in total. The lowest BCUT2D eigenvalue weighted by Gasteiger charge is -2.26. The van der Waals surface area contributed by atoms with Crippen LogP contribution in [0.3, 0.4) is 0 Å². The smallest absolute Gasteiger partial charge is 0.101 e. The van der Waals surface area contributed by atoms with Crippen LogP contribution in [0.4, 0.5) is 5.69 Å². The quantitative estimate of drug-likeness (QED) is 0.933. The van der Waals surface area contributed by atoms with Crippen LogP contribution < -0.4 is 5.32 Å². The Labute approximate surface area is 129 Å². The van der Waals surface area contributed by atoms with Gasteiger partial charge in [-0.25, -0.2) is 0 Å². The normalized spacial score (nSPS) is 16.9. The van der Waals surface area contributed by atoms with Crippen LogP contribution in [0.5, 0.6) is 0 Å². The maximum atomic E-state index is 9.14. The molecular formula is C17H15ClN2O.